The number of thiazole rings is 1. The van der Waals surface area contributed by atoms with Crippen molar-refractivity contribution in [3.05, 3.63) is 69.1 Å². The van der Waals surface area contributed by atoms with Gasteiger partial charge in [0.25, 0.3) is 0 Å². The van der Waals surface area contributed by atoms with Crippen molar-refractivity contribution in [3.8, 4) is 11.5 Å². The highest BCUT2D eigenvalue weighted by Crippen LogP contribution is 2.35. The van der Waals surface area contributed by atoms with Crippen LogP contribution in [-0.2, 0) is 23.0 Å². The van der Waals surface area contributed by atoms with Gasteiger partial charge in [-0.1, -0.05) is 37.4 Å². The Balaban J connectivity index is 1.57. The van der Waals surface area contributed by atoms with Crippen molar-refractivity contribution in [2.24, 2.45) is 5.92 Å². The molecular formula is C27H33ClN2O4S2. The molecule has 194 valence electrons. The molecule has 2 unspecified atom stereocenters. The summed E-state index contributed by atoms with van der Waals surface area (Å²) in [7, 11) is -2.12. The Morgan fingerprint density at radius 1 is 1.11 bits per heavy atom. The summed E-state index contributed by atoms with van der Waals surface area (Å²) in [6, 6.07) is 12.0. The molecule has 1 heterocycles. The summed E-state index contributed by atoms with van der Waals surface area (Å²) in [4.78, 5) is 5.75. The van der Waals surface area contributed by atoms with E-state index in [1.807, 2.05) is 30.6 Å². The van der Waals surface area contributed by atoms with Crippen molar-refractivity contribution in [1.82, 2.24) is 9.29 Å². The molecule has 36 heavy (non-hydrogen) atoms. The molecule has 1 aromatic heterocycles. The smallest absolute Gasteiger partial charge is 0.243 e. The van der Waals surface area contributed by atoms with Crippen LogP contribution >= 0.6 is 22.9 Å². The summed E-state index contributed by atoms with van der Waals surface area (Å²) < 4.78 is 40.9. The SMILES string of the molecule is COc1cc(CN(C2CCCCC2C)S(=O)(=O)c2ccc(Cl)cc2)ccc1OCCc1scnc1C. The standard InChI is InChI=1S/C27H33ClN2O4S2/c1-19-6-4-5-7-24(19)30(36(31,32)23-11-9-22(28)10-12-23)17-21-8-13-25(26(16-21)33-3)34-15-14-27-20(2)29-18-35-27/h8-13,16,18-19,24H,4-7,14-15,17H2,1-3H3. The van der Waals surface area contributed by atoms with Gasteiger partial charge in [0, 0.05) is 28.9 Å². The van der Waals surface area contributed by atoms with Crippen LogP contribution in [0.5, 0.6) is 11.5 Å². The number of nitrogens with zero attached hydrogens (tertiary/aromatic N) is 2. The van der Waals surface area contributed by atoms with Crippen LogP contribution in [0.4, 0.5) is 0 Å². The minimum atomic E-state index is -3.72. The second-order valence-corrected chi connectivity index (χ2v) is 12.5. The lowest BCUT2D eigenvalue weighted by molar-refractivity contribution is 0.185. The Bertz CT molecular complexity index is 1260. The molecule has 1 saturated carbocycles. The van der Waals surface area contributed by atoms with Crippen molar-refractivity contribution in [2.45, 2.75) is 63.4 Å². The van der Waals surface area contributed by atoms with Gasteiger partial charge in [-0.25, -0.2) is 13.4 Å². The van der Waals surface area contributed by atoms with Crippen molar-refractivity contribution in [3.63, 3.8) is 0 Å². The summed E-state index contributed by atoms with van der Waals surface area (Å²) in [6.45, 7) is 4.92. The first-order valence-corrected chi connectivity index (χ1v) is 15.0. The van der Waals surface area contributed by atoms with Crippen LogP contribution < -0.4 is 9.47 Å². The number of hydrogen-bond acceptors (Lipinski definition) is 6. The second kappa shape index (κ2) is 11.9. The molecule has 1 fully saturated rings. The lowest BCUT2D eigenvalue weighted by Gasteiger charge is -2.38. The Kier molecular flexibility index (Phi) is 8.93. The molecule has 0 bridgehead atoms. The van der Waals surface area contributed by atoms with E-state index >= 15 is 0 Å². The van der Waals surface area contributed by atoms with Crippen molar-refractivity contribution in [2.75, 3.05) is 13.7 Å². The first-order valence-electron chi connectivity index (χ1n) is 12.3. The van der Waals surface area contributed by atoms with Crippen LogP contribution in [0.3, 0.4) is 0 Å². The topological polar surface area (TPSA) is 68.7 Å². The fraction of sp³-hybridized carbons (Fsp3) is 0.444. The third-order valence-electron chi connectivity index (χ3n) is 6.85. The van der Waals surface area contributed by atoms with Gasteiger partial charge in [-0.05, 0) is 67.6 Å². The van der Waals surface area contributed by atoms with Gasteiger partial charge in [0.2, 0.25) is 10.0 Å². The number of sulfonamides is 1. The lowest BCUT2D eigenvalue weighted by atomic mass is 9.86. The predicted octanol–water partition coefficient (Wildman–Crippen LogP) is 6.50. The number of methoxy groups -OCH3 is 1. The zero-order valence-corrected chi connectivity index (χ0v) is 23.3. The van der Waals surface area contributed by atoms with Crippen LogP contribution in [0.2, 0.25) is 5.02 Å². The maximum atomic E-state index is 13.8. The minimum absolute atomic E-state index is 0.0657. The van der Waals surface area contributed by atoms with E-state index in [1.165, 1.54) is 4.88 Å². The number of rotatable bonds is 10. The van der Waals surface area contributed by atoms with E-state index in [0.29, 0.717) is 23.1 Å². The molecule has 0 amide bonds. The van der Waals surface area contributed by atoms with Crippen LogP contribution in [0.15, 0.2) is 52.9 Å². The fourth-order valence-corrected chi connectivity index (χ4v) is 7.40. The van der Waals surface area contributed by atoms with Crippen molar-refractivity contribution < 1.29 is 17.9 Å². The van der Waals surface area contributed by atoms with E-state index in [4.69, 9.17) is 21.1 Å². The average molecular weight is 549 g/mol. The predicted molar refractivity (Wildman–Crippen MR) is 145 cm³/mol. The molecule has 0 spiro atoms. The Hall–Kier alpha value is -2.13. The normalized spacial score (nSPS) is 18.4. The molecule has 6 nitrogen and oxygen atoms in total. The quantitative estimate of drug-likeness (QED) is 0.289. The van der Waals surface area contributed by atoms with Crippen molar-refractivity contribution in [1.29, 1.82) is 0 Å². The van der Waals surface area contributed by atoms with Gasteiger partial charge in [0.15, 0.2) is 11.5 Å². The Morgan fingerprint density at radius 2 is 1.86 bits per heavy atom. The van der Waals surface area contributed by atoms with Gasteiger partial charge in [0.05, 0.1) is 29.8 Å². The molecule has 1 aliphatic rings. The molecule has 1 aliphatic carbocycles. The number of hydrogen-bond donors (Lipinski definition) is 0. The number of aromatic nitrogens is 1. The minimum Gasteiger partial charge on any atom is -0.493 e. The molecule has 3 aromatic rings. The van der Waals surface area contributed by atoms with Crippen LogP contribution in [0.25, 0.3) is 0 Å². The first-order chi connectivity index (χ1) is 17.3. The second-order valence-electron chi connectivity index (χ2n) is 9.28. The average Bonchev–Trinajstić information content (AvgIpc) is 3.28. The Labute approximate surface area is 223 Å². The zero-order valence-electron chi connectivity index (χ0n) is 20.9. The number of benzene rings is 2. The van der Waals surface area contributed by atoms with E-state index in [-0.39, 0.29) is 23.4 Å². The van der Waals surface area contributed by atoms with Crippen LogP contribution in [0, 0.1) is 12.8 Å². The van der Waals surface area contributed by atoms with Gasteiger partial charge >= 0.3 is 0 Å². The van der Waals surface area contributed by atoms with Crippen molar-refractivity contribution >= 4 is 33.0 Å². The van der Waals surface area contributed by atoms with E-state index in [2.05, 4.69) is 11.9 Å². The van der Waals surface area contributed by atoms with Gasteiger partial charge in [-0.3, -0.25) is 0 Å². The molecule has 0 saturated heterocycles. The third kappa shape index (κ3) is 6.22. The fourth-order valence-electron chi connectivity index (χ4n) is 4.78. The van der Waals surface area contributed by atoms with E-state index in [9.17, 15) is 8.42 Å². The van der Waals surface area contributed by atoms with Gasteiger partial charge in [-0.2, -0.15) is 4.31 Å². The summed E-state index contributed by atoms with van der Waals surface area (Å²) in [5, 5.41) is 0.511. The molecule has 4 rings (SSSR count). The van der Waals surface area contributed by atoms with Crippen LogP contribution in [0.1, 0.15) is 48.7 Å². The highest BCUT2D eigenvalue weighted by Gasteiger charge is 2.36. The molecular weight excluding hydrogens is 516 g/mol. The number of halogens is 1. The zero-order chi connectivity index (χ0) is 25.7. The maximum absolute atomic E-state index is 13.8. The molecule has 2 atom stereocenters. The monoisotopic (exact) mass is 548 g/mol. The summed E-state index contributed by atoms with van der Waals surface area (Å²) in [6.07, 6.45) is 4.80. The summed E-state index contributed by atoms with van der Waals surface area (Å²) >= 11 is 7.65. The van der Waals surface area contributed by atoms with Crippen LogP contribution in [-0.4, -0.2) is 37.5 Å². The molecule has 2 aromatic carbocycles. The van der Waals surface area contributed by atoms with Gasteiger partial charge < -0.3 is 9.47 Å². The number of aryl methyl sites for hydroxylation is 1. The number of ether oxygens (including phenoxy) is 2. The summed E-state index contributed by atoms with van der Waals surface area (Å²) in [5.74, 6) is 1.51. The maximum Gasteiger partial charge on any atom is 0.243 e. The highest BCUT2D eigenvalue weighted by atomic mass is 35.5. The Morgan fingerprint density at radius 3 is 2.53 bits per heavy atom. The molecule has 0 aliphatic heterocycles. The molecule has 0 radical (unpaired) electrons. The van der Waals surface area contributed by atoms with E-state index < -0.39 is 10.0 Å². The first kappa shape index (κ1) is 26.9. The lowest BCUT2D eigenvalue weighted by Crippen LogP contribution is -2.44. The van der Waals surface area contributed by atoms with Gasteiger partial charge in [-0.15, -0.1) is 11.3 Å². The van der Waals surface area contributed by atoms with E-state index in [1.54, 1.807) is 47.0 Å². The van der Waals surface area contributed by atoms with Gasteiger partial charge in [0.1, 0.15) is 0 Å². The molecule has 9 heteroatoms. The third-order valence-corrected chi connectivity index (χ3v) is 9.99. The van der Waals surface area contributed by atoms with E-state index in [0.717, 1.165) is 43.4 Å². The molecule has 0 N–H and O–H groups in total. The largest absolute Gasteiger partial charge is 0.493 e. The highest BCUT2D eigenvalue weighted by molar-refractivity contribution is 7.89. The summed E-state index contributed by atoms with van der Waals surface area (Å²) in [5.41, 5.74) is 3.73.